The molecule has 0 amide bonds. The van der Waals surface area contributed by atoms with Crippen LogP contribution < -0.4 is 5.32 Å². The SMILES string of the molecule is CCOC(=O)OCCCCCCNc1ncnc(CC)c1Cl. The summed E-state index contributed by atoms with van der Waals surface area (Å²) in [5, 5.41) is 3.83. The Kier molecular flexibility index (Phi) is 9.30. The summed E-state index contributed by atoms with van der Waals surface area (Å²) in [5.41, 5.74) is 0.857. The van der Waals surface area contributed by atoms with Gasteiger partial charge >= 0.3 is 6.16 Å². The van der Waals surface area contributed by atoms with Gasteiger partial charge in [-0.15, -0.1) is 0 Å². The van der Waals surface area contributed by atoms with Gasteiger partial charge in [-0.05, 0) is 32.6 Å². The molecule has 0 aliphatic rings. The molecule has 0 radical (unpaired) electrons. The number of anilines is 1. The average Bonchev–Trinajstić information content (AvgIpc) is 2.51. The van der Waals surface area contributed by atoms with Crippen LogP contribution >= 0.6 is 11.6 Å². The van der Waals surface area contributed by atoms with Crippen molar-refractivity contribution in [2.45, 2.75) is 46.0 Å². The molecule has 1 aromatic heterocycles. The number of halogens is 1. The fourth-order valence-corrected chi connectivity index (χ4v) is 2.18. The minimum Gasteiger partial charge on any atom is -0.435 e. The fourth-order valence-electron chi connectivity index (χ4n) is 1.88. The number of aromatic nitrogens is 2. The Hall–Kier alpha value is -1.56. The average molecular weight is 330 g/mol. The van der Waals surface area contributed by atoms with Crippen molar-refractivity contribution in [3.05, 3.63) is 17.0 Å². The molecule has 1 N–H and O–H groups in total. The van der Waals surface area contributed by atoms with Crippen molar-refractivity contribution in [1.82, 2.24) is 9.97 Å². The van der Waals surface area contributed by atoms with Crippen LogP contribution in [-0.2, 0) is 15.9 Å². The number of nitrogens with zero attached hydrogens (tertiary/aromatic N) is 2. The molecule has 7 heteroatoms. The standard InChI is InChI=1S/C15H24ClN3O3/c1-3-12-13(16)14(19-11-18-12)17-9-7-5-6-8-10-22-15(20)21-4-2/h11H,3-10H2,1-2H3,(H,17,18,19). The van der Waals surface area contributed by atoms with Crippen molar-refractivity contribution in [2.24, 2.45) is 0 Å². The van der Waals surface area contributed by atoms with Crippen LogP contribution in [0.1, 0.15) is 45.2 Å². The van der Waals surface area contributed by atoms with Crippen LogP contribution in [0.25, 0.3) is 0 Å². The van der Waals surface area contributed by atoms with Gasteiger partial charge in [0.25, 0.3) is 0 Å². The van der Waals surface area contributed by atoms with E-state index >= 15 is 0 Å². The van der Waals surface area contributed by atoms with Crippen molar-refractivity contribution >= 4 is 23.6 Å². The topological polar surface area (TPSA) is 73.3 Å². The summed E-state index contributed by atoms with van der Waals surface area (Å²) in [4.78, 5) is 19.2. The molecule has 0 bridgehead atoms. The first kappa shape index (κ1) is 18.5. The lowest BCUT2D eigenvalue weighted by Gasteiger charge is -2.09. The molecule has 1 rings (SSSR count). The van der Waals surface area contributed by atoms with Gasteiger partial charge < -0.3 is 14.8 Å². The quantitative estimate of drug-likeness (QED) is 0.519. The summed E-state index contributed by atoms with van der Waals surface area (Å²) in [6.45, 7) is 5.32. The van der Waals surface area contributed by atoms with E-state index < -0.39 is 6.16 Å². The molecular formula is C15H24ClN3O3. The van der Waals surface area contributed by atoms with Gasteiger partial charge in [-0.2, -0.15) is 0 Å². The second-order valence-electron chi connectivity index (χ2n) is 4.71. The summed E-state index contributed by atoms with van der Waals surface area (Å²) in [6, 6.07) is 0. The van der Waals surface area contributed by atoms with E-state index in [1.165, 1.54) is 6.33 Å². The lowest BCUT2D eigenvalue weighted by molar-refractivity contribution is 0.0578. The smallest absolute Gasteiger partial charge is 0.435 e. The lowest BCUT2D eigenvalue weighted by Crippen LogP contribution is -2.08. The maximum Gasteiger partial charge on any atom is 0.508 e. The molecule has 0 atom stereocenters. The zero-order valence-corrected chi connectivity index (χ0v) is 14.0. The van der Waals surface area contributed by atoms with E-state index in [1.54, 1.807) is 6.92 Å². The molecule has 0 aliphatic heterocycles. The van der Waals surface area contributed by atoms with Crippen LogP contribution in [0.5, 0.6) is 0 Å². The summed E-state index contributed by atoms with van der Waals surface area (Å²) >= 11 is 6.20. The highest BCUT2D eigenvalue weighted by Gasteiger charge is 2.06. The third kappa shape index (κ3) is 6.93. The largest absolute Gasteiger partial charge is 0.508 e. The van der Waals surface area contributed by atoms with E-state index in [4.69, 9.17) is 16.3 Å². The second-order valence-corrected chi connectivity index (χ2v) is 5.09. The predicted molar refractivity (Wildman–Crippen MR) is 86.4 cm³/mol. The van der Waals surface area contributed by atoms with E-state index in [0.29, 0.717) is 24.1 Å². The first-order valence-electron chi connectivity index (χ1n) is 7.71. The molecule has 1 heterocycles. The van der Waals surface area contributed by atoms with Crippen molar-refractivity contribution in [3.63, 3.8) is 0 Å². The zero-order valence-electron chi connectivity index (χ0n) is 13.2. The Morgan fingerprint density at radius 3 is 2.68 bits per heavy atom. The van der Waals surface area contributed by atoms with E-state index in [2.05, 4.69) is 20.0 Å². The van der Waals surface area contributed by atoms with Gasteiger partial charge in [-0.1, -0.05) is 24.9 Å². The van der Waals surface area contributed by atoms with Crippen LogP contribution in [0, 0.1) is 0 Å². The van der Waals surface area contributed by atoms with E-state index in [-0.39, 0.29) is 0 Å². The van der Waals surface area contributed by atoms with Gasteiger partial charge in [-0.3, -0.25) is 0 Å². The number of hydrogen-bond acceptors (Lipinski definition) is 6. The number of rotatable bonds is 10. The monoisotopic (exact) mass is 329 g/mol. The van der Waals surface area contributed by atoms with Gasteiger partial charge in [0.2, 0.25) is 0 Å². The van der Waals surface area contributed by atoms with Crippen LogP contribution in [-0.4, -0.2) is 35.9 Å². The Morgan fingerprint density at radius 2 is 1.95 bits per heavy atom. The first-order chi connectivity index (χ1) is 10.7. The zero-order chi connectivity index (χ0) is 16.2. The number of nitrogens with one attached hydrogen (secondary N) is 1. The van der Waals surface area contributed by atoms with Crippen molar-refractivity contribution < 1.29 is 14.3 Å². The molecule has 0 fully saturated rings. The van der Waals surface area contributed by atoms with Gasteiger partial charge in [0, 0.05) is 6.54 Å². The second kappa shape index (κ2) is 11.1. The highest BCUT2D eigenvalue weighted by molar-refractivity contribution is 6.33. The van der Waals surface area contributed by atoms with Gasteiger partial charge in [0.05, 0.1) is 18.9 Å². The summed E-state index contributed by atoms with van der Waals surface area (Å²) < 4.78 is 9.56. The van der Waals surface area contributed by atoms with E-state index in [1.807, 2.05) is 6.92 Å². The van der Waals surface area contributed by atoms with Crippen LogP contribution in [0.15, 0.2) is 6.33 Å². The van der Waals surface area contributed by atoms with Gasteiger partial charge in [0.15, 0.2) is 0 Å². The summed E-state index contributed by atoms with van der Waals surface area (Å²) in [7, 11) is 0. The molecular weight excluding hydrogens is 306 g/mol. The number of carbonyl (C=O) groups excluding carboxylic acids is 1. The fraction of sp³-hybridized carbons (Fsp3) is 0.667. The molecule has 0 aromatic carbocycles. The van der Waals surface area contributed by atoms with Crippen LogP contribution in [0.4, 0.5) is 10.6 Å². The molecule has 1 aromatic rings. The maximum atomic E-state index is 10.9. The number of hydrogen-bond donors (Lipinski definition) is 1. The number of aryl methyl sites for hydroxylation is 1. The van der Waals surface area contributed by atoms with E-state index in [9.17, 15) is 4.79 Å². The summed E-state index contributed by atoms with van der Waals surface area (Å²) in [6.07, 6.45) is 5.61. The van der Waals surface area contributed by atoms with Gasteiger partial charge in [0.1, 0.15) is 17.2 Å². The normalized spacial score (nSPS) is 10.3. The molecule has 22 heavy (non-hydrogen) atoms. The lowest BCUT2D eigenvalue weighted by atomic mass is 10.2. The highest BCUT2D eigenvalue weighted by atomic mass is 35.5. The molecule has 6 nitrogen and oxygen atoms in total. The van der Waals surface area contributed by atoms with Crippen LogP contribution in [0.2, 0.25) is 5.02 Å². The van der Waals surface area contributed by atoms with Crippen molar-refractivity contribution in [1.29, 1.82) is 0 Å². The van der Waals surface area contributed by atoms with Gasteiger partial charge in [-0.25, -0.2) is 14.8 Å². The Bertz CT molecular complexity index is 458. The third-order valence-corrected chi connectivity index (χ3v) is 3.44. The number of carbonyl (C=O) groups is 1. The predicted octanol–water partition coefficient (Wildman–Crippen LogP) is 3.84. The van der Waals surface area contributed by atoms with Crippen molar-refractivity contribution in [3.8, 4) is 0 Å². The first-order valence-corrected chi connectivity index (χ1v) is 8.09. The van der Waals surface area contributed by atoms with Crippen LogP contribution in [0.3, 0.4) is 0 Å². The Morgan fingerprint density at radius 1 is 1.18 bits per heavy atom. The molecule has 124 valence electrons. The highest BCUT2D eigenvalue weighted by Crippen LogP contribution is 2.21. The molecule has 0 aliphatic carbocycles. The minimum absolute atomic E-state index is 0.343. The number of ether oxygens (including phenoxy) is 2. The molecule has 0 saturated carbocycles. The summed E-state index contributed by atoms with van der Waals surface area (Å²) in [5.74, 6) is 0.694. The maximum absolute atomic E-state index is 10.9. The number of unbranched alkanes of at least 4 members (excludes halogenated alkanes) is 3. The molecule has 0 spiro atoms. The van der Waals surface area contributed by atoms with E-state index in [0.717, 1.165) is 44.3 Å². The molecule has 0 unspecified atom stereocenters. The third-order valence-electron chi connectivity index (χ3n) is 3.04. The molecule has 0 saturated heterocycles. The Labute approximate surface area is 136 Å². The van der Waals surface area contributed by atoms with Crippen molar-refractivity contribution in [2.75, 3.05) is 25.1 Å². The Balaban J connectivity index is 2.08. The minimum atomic E-state index is -0.589.